The quantitative estimate of drug-likeness (QED) is 0.375. The van der Waals surface area contributed by atoms with E-state index in [1.54, 1.807) is 38.9 Å². The highest BCUT2D eigenvalue weighted by molar-refractivity contribution is 7.59. The number of aromatic nitrogens is 4. The second kappa shape index (κ2) is 11.7. The van der Waals surface area contributed by atoms with E-state index in [9.17, 15) is 4.79 Å². The summed E-state index contributed by atoms with van der Waals surface area (Å²) >= 11 is 0. The molecule has 8 nitrogen and oxygen atoms in total. The summed E-state index contributed by atoms with van der Waals surface area (Å²) in [5, 5.41) is 6.95. The van der Waals surface area contributed by atoms with Crippen LogP contribution in [-0.4, -0.2) is 46.5 Å². The SMILES string of the molecule is CNC(=O)c1ccnc2c([C@H](C)CNc3cc(-c4ccnc([C@H](C)OC)c4)ncn3)cccc12.S. The van der Waals surface area contributed by atoms with Crippen molar-refractivity contribution in [3.63, 3.8) is 0 Å². The van der Waals surface area contributed by atoms with Crippen molar-refractivity contribution in [2.45, 2.75) is 25.9 Å². The number of anilines is 1. The van der Waals surface area contributed by atoms with Gasteiger partial charge in [-0.05, 0) is 30.7 Å². The van der Waals surface area contributed by atoms with Crippen LogP contribution >= 0.6 is 13.5 Å². The number of ether oxygens (including phenoxy) is 1. The molecular formula is C26H30N6O2S. The smallest absolute Gasteiger partial charge is 0.251 e. The van der Waals surface area contributed by atoms with Crippen molar-refractivity contribution in [1.82, 2.24) is 25.3 Å². The molecule has 3 aromatic heterocycles. The van der Waals surface area contributed by atoms with E-state index in [-0.39, 0.29) is 31.4 Å². The third-order valence-electron chi connectivity index (χ3n) is 5.91. The van der Waals surface area contributed by atoms with E-state index in [1.807, 2.05) is 37.3 Å². The van der Waals surface area contributed by atoms with Crippen LogP contribution in [0, 0.1) is 0 Å². The lowest BCUT2D eigenvalue weighted by molar-refractivity contribution is 0.0964. The van der Waals surface area contributed by atoms with Crippen molar-refractivity contribution >= 4 is 36.1 Å². The Balaban J connectivity index is 0.00000342. The van der Waals surface area contributed by atoms with E-state index in [2.05, 4.69) is 43.6 Å². The van der Waals surface area contributed by atoms with E-state index in [4.69, 9.17) is 4.74 Å². The Labute approximate surface area is 212 Å². The Morgan fingerprint density at radius 2 is 1.83 bits per heavy atom. The summed E-state index contributed by atoms with van der Waals surface area (Å²) in [6.07, 6.45) is 4.90. The molecule has 0 aliphatic carbocycles. The second-order valence-electron chi connectivity index (χ2n) is 8.10. The van der Waals surface area contributed by atoms with Crippen LogP contribution in [-0.2, 0) is 4.74 Å². The van der Waals surface area contributed by atoms with E-state index in [0.717, 1.165) is 39.2 Å². The lowest BCUT2D eigenvalue weighted by atomic mass is 9.96. The molecule has 0 radical (unpaired) electrons. The maximum absolute atomic E-state index is 12.3. The molecule has 0 aliphatic rings. The zero-order valence-electron chi connectivity index (χ0n) is 20.2. The summed E-state index contributed by atoms with van der Waals surface area (Å²) in [6, 6.07) is 13.5. The predicted octanol–water partition coefficient (Wildman–Crippen LogP) is 4.48. The minimum atomic E-state index is -0.122. The maximum Gasteiger partial charge on any atom is 0.251 e. The molecular weight excluding hydrogens is 460 g/mol. The number of benzene rings is 1. The first kappa shape index (κ1) is 26.1. The van der Waals surface area contributed by atoms with Gasteiger partial charge in [0.1, 0.15) is 12.1 Å². The molecule has 4 aromatic rings. The minimum absolute atomic E-state index is 0. The summed E-state index contributed by atoms with van der Waals surface area (Å²) in [5.41, 5.74) is 5.12. The average Bonchev–Trinajstić information content (AvgIpc) is 2.90. The lowest BCUT2D eigenvalue weighted by Crippen LogP contribution is -2.18. The molecule has 0 saturated carbocycles. The van der Waals surface area contributed by atoms with Gasteiger partial charge in [0.2, 0.25) is 0 Å². The molecule has 0 aliphatic heterocycles. The highest BCUT2D eigenvalue weighted by Gasteiger charge is 2.15. The molecule has 0 unspecified atom stereocenters. The molecule has 4 rings (SSSR count). The minimum Gasteiger partial charge on any atom is -0.375 e. The molecule has 1 aromatic carbocycles. The number of carbonyl (C=O) groups is 1. The van der Waals surface area contributed by atoms with Gasteiger partial charge in [-0.1, -0.05) is 25.1 Å². The van der Waals surface area contributed by atoms with E-state index in [0.29, 0.717) is 12.1 Å². The third kappa shape index (κ3) is 5.75. The Kier molecular flexibility index (Phi) is 8.73. The highest BCUT2D eigenvalue weighted by Crippen LogP contribution is 2.27. The summed E-state index contributed by atoms with van der Waals surface area (Å²) in [6.45, 7) is 4.73. The Hall–Kier alpha value is -3.56. The predicted molar refractivity (Wildman–Crippen MR) is 143 cm³/mol. The van der Waals surface area contributed by atoms with Crippen molar-refractivity contribution in [2.75, 3.05) is 26.0 Å². The molecule has 0 bridgehead atoms. The van der Waals surface area contributed by atoms with Gasteiger partial charge in [0, 0.05) is 56.0 Å². The molecule has 0 fully saturated rings. The van der Waals surface area contributed by atoms with Crippen LogP contribution in [0.3, 0.4) is 0 Å². The van der Waals surface area contributed by atoms with Gasteiger partial charge in [-0.3, -0.25) is 14.8 Å². The summed E-state index contributed by atoms with van der Waals surface area (Å²) in [7, 11) is 3.30. The van der Waals surface area contributed by atoms with Crippen molar-refractivity contribution in [1.29, 1.82) is 0 Å². The number of carbonyl (C=O) groups excluding carboxylic acids is 1. The number of hydrogen-bond acceptors (Lipinski definition) is 7. The molecule has 1 amide bonds. The normalized spacial score (nSPS) is 12.5. The van der Waals surface area contributed by atoms with Gasteiger partial charge in [0.15, 0.2) is 0 Å². The zero-order valence-corrected chi connectivity index (χ0v) is 21.2. The van der Waals surface area contributed by atoms with Crippen LogP contribution < -0.4 is 10.6 Å². The van der Waals surface area contributed by atoms with Crippen LogP contribution in [0.5, 0.6) is 0 Å². The summed E-state index contributed by atoms with van der Waals surface area (Å²) in [5.74, 6) is 0.738. The standard InChI is InChI=1S/C26H28N6O2.H2S/c1-16(19-6-5-7-20-21(26(33)27-3)9-11-29-25(19)20)14-30-24-13-23(31-15-32-24)18-8-10-28-22(12-18)17(2)34-4;/h5-13,15-17H,14H2,1-4H3,(H,27,33)(H,30,31,32);1H2/t16-,17+;/m1./s1. The fourth-order valence-electron chi connectivity index (χ4n) is 3.86. The Bertz CT molecular complexity index is 1320. The molecule has 9 heteroatoms. The first-order valence-corrected chi connectivity index (χ1v) is 11.2. The fraction of sp³-hybridized carbons (Fsp3) is 0.269. The van der Waals surface area contributed by atoms with E-state index >= 15 is 0 Å². The zero-order chi connectivity index (χ0) is 24.1. The third-order valence-corrected chi connectivity index (χ3v) is 5.91. The van der Waals surface area contributed by atoms with Gasteiger partial charge in [-0.15, -0.1) is 0 Å². The van der Waals surface area contributed by atoms with Crippen LogP contribution in [0.2, 0.25) is 0 Å². The maximum atomic E-state index is 12.3. The first-order chi connectivity index (χ1) is 16.5. The van der Waals surface area contributed by atoms with Crippen LogP contribution in [0.1, 0.15) is 47.5 Å². The number of nitrogens with zero attached hydrogens (tertiary/aromatic N) is 4. The van der Waals surface area contributed by atoms with Gasteiger partial charge in [-0.25, -0.2) is 9.97 Å². The summed E-state index contributed by atoms with van der Waals surface area (Å²) < 4.78 is 5.38. The fourth-order valence-corrected chi connectivity index (χ4v) is 3.86. The van der Waals surface area contributed by atoms with Crippen LogP contribution in [0.25, 0.3) is 22.2 Å². The van der Waals surface area contributed by atoms with Gasteiger partial charge < -0.3 is 15.4 Å². The summed E-state index contributed by atoms with van der Waals surface area (Å²) in [4.78, 5) is 30.0. The number of fused-ring (bicyclic) bond motifs is 1. The number of nitrogens with one attached hydrogen (secondary N) is 2. The molecule has 0 spiro atoms. The van der Waals surface area contributed by atoms with Crippen LogP contribution in [0.15, 0.2) is 61.2 Å². The lowest BCUT2D eigenvalue weighted by Gasteiger charge is -2.16. The van der Waals surface area contributed by atoms with Gasteiger partial charge in [0.05, 0.1) is 28.6 Å². The number of pyridine rings is 2. The monoisotopic (exact) mass is 490 g/mol. The van der Waals surface area contributed by atoms with E-state index in [1.165, 1.54) is 0 Å². The van der Waals surface area contributed by atoms with Gasteiger partial charge in [0.25, 0.3) is 5.91 Å². The van der Waals surface area contributed by atoms with Crippen molar-refractivity contribution in [3.8, 4) is 11.3 Å². The number of amides is 1. The Morgan fingerprint density at radius 1 is 1.03 bits per heavy atom. The average molecular weight is 491 g/mol. The van der Waals surface area contributed by atoms with Crippen molar-refractivity contribution < 1.29 is 9.53 Å². The van der Waals surface area contributed by atoms with Crippen molar-refractivity contribution in [2.24, 2.45) is 0 Å². The Morgan fingerprint density at radius 3 is 2.60 bits per heavy atom. The largest absolute Gasteiger partial charge is 0.375 e. The number of para-hydroxylation sites is 1. The number of hydrogen-bond donors (Lipinski definition) is 2. The first-order valence-electron chi connectivity index (χ1n) is 11.2. The van der Waals surface area contributed by atoms with Gasteiger partial charge >= 0.3 is 0 Å². The molecule has 2 N–H and O–H groups in total. The molecule has 182 valence electrons. The van der Waals surface area contributed by atoms with Crippen LogP contribution in [0.4, 0.5) is 5.82 Å². The second-order valence-corrected chi connectivity index (χ2v) is 8.10. The molecule has 2 atom stereocenters. The number of rotatable bonds is 8. The molecule has 35 heavy (non-hydrogen) atoms. The number of methoxy groups -OCH3 is 1. The molecule has 3 heterocycles. The van der Waals surface area contributed by atoms with Gasteiger partial charge in [-0.2, -0.15) is 13.5 Å². The van der Waals surface area contributed by atoms with E-state index < -0.39 is 0 Å². The molecule has 0 saturated heterocycles. The highest BCUT2D eigenvalue weighted by atomic mass is 32.1. The topological polar surface area (TPSA) is 102 Å². The van der Waals surface area contributed by atoms with Crippen molar-refractivity contribution in [3.05, 3.63) is 78.0 Å².